The van der Waals surface area contributed by atoms with Crippen LogP contribution in [0.25, 0.3) is 0 Å². The molecule has 0 bridgehead atoms. The maximum Gasteiger partial charge on any atom is 0.238 e. The number of benzene rings is 2. The maximum atomic E-state index is 13.5. The van der Waals surface area contributed by atoms with Gasteiger partial charge in [0.2, 0.25) is 5.91 Å². The maximum absolute atomic E-state index is 13.5. The molecule has 1 amide bonds. The summed E-state index contributed by atoms with van der Waals surface area (Å²) in [5.74, 6) is -0.305. The Labute approximate surface area is 160 Å². The lowest BCUT2D eigenvalue weighted by Crippen LogP contribution is -2.44. The second-order valence-electron chi connectivity index (χ2n) is 6.90. The van der Waals surface area contributed by atoms with Crippen LogP contribution in [0.3, 0.4) is 0 Å². The van der Waals surface area contributed by atoms with E-state index in [1.165, 1.54) is 11.8 Å². The lowest BCUT2D eigenvalue weighted by atomic mass is 10.1. The Morgan fingerprint density at radius 1 is 1.04 bits per heavy atom. The zero-order valence-corrected chi connectivity index (χ0v) is 15.7. The average molecular weight is 370 g/mol. The Balaban J connectivity index is 1.39. The number of amides is 1. The van der Waals surface area contributed by atoms with E-state index in [1.807, 2.05) is 30.3 Å². The van der Waals surface area contributed by atoms with Gasteiger partial charge in [-0.3, -0.25) is 4.79 Å². The van der Waals surface area contributed by atoms with Crippen LogP contribution in [0.5, 0.6) is 0 Å². The van der Waals surface area contributed by atoms with Crippen molar-refractivity contribution in [2.24, 2.45) is 0 Å². The van der Waals surface area contributed by atoms with Gasteiger partial charge in [0.25, 0.3) is 0 Å². The largest absolute Gasteiger partial charge is 0.369 e. The summed E-state index contributed by atoms with van der Waals surface area (Å²) in [6.07, 6.45) is 0.555. The van der Waals surface area contributed by atoms with Crippen molar-refractivity contribution < 1.29 is 9.18 Å². The van der Waals surface area contributed by atoms with Gasteiger partial charge in [0.1, 0.15) is 5.82 Å². The Morgan fingerprint density at radius 3 is 2.44 bits per heavy atom. The number of hydrogen-bond acceptors (Lipinski definition) is 4. The summed E-state index contributed by atoms with van der Waals surface area (Å²) < 4.78 is 13.5. The lowest BCUT2D eigenvalue weighted by molar-refractivity contribution is -0.115. The molecule has 144 valence electrons. The Hall–Kier alpha value is -2.44. The fraction of sp³-hybridized carbons (Fsp3) is 0.381. The Kier molecular flexibility index (Phi) is 6.79. The molecule has 1 fully saturated rings. The second-order valence-corrected chi connectivity index (χ2v) is 6.90. The molecule has 1 heterocycles. The van der Waals surface area contributed by atoms with Gasteiger partial charge < -0.3 is 20.4 Å². The van der Waals surface area contributed by atoms with Gasteiger partial charge >= 0.3 is 0 Å². The normalized spacial score (nSPS) is 15.0. The molecule has 0 radical (unpaired) electrons. The molecule has 1 aliphatic rings. The summed E-state index contributed by atoms with van der Waals surface area (Å²) in [5, 5.41) is 5.94. The smallest absolute Gasteiger partial charge is 0.238 e. The van der Waals surface area contributed by atoms with E-state index in [4.69, 9.17) is 0 Å². The van der Waals surface area contributed by atoms with E-state index in [0.717, 1.165) is 31.9 Å². The van der Waals surface area contributed by atoms with Gasteiger partial charge in [-0.25, -0.2) is 4.39 Å². The van der Waals surface area contributed by atoms with Crippen molar-refractivity contribution in [3.8, 4) is 0 Å². The molecule has 2 aromatic rings. The van der Waals surface area contributed by atoms with Crippen molar-refractivity contribution in [3.05, 3.63) is 59.9 Å². The number of halogens is 1. The average Bonchev–Trinajstić information content (AvgIpc) is 2.68. The number of nitrogens with one attached hydrogen (secondary N) is 2. The zero-order valence-electron chi connectivity index (χ0n) is 15.7. The van der Waals surface area contributed by atoms with Crippen molar-refractivity contribution in [2.45, 2.75) is 6.42 Å². The topological polar surface area (TPSA) is 47.6 Å². The highest BCUT2D eigenvalue weighted by molar-refractivity contribution is 5.92. The highest BCUT2D eigenvalue weighted by Gasteiger charge is 2.14. The number of rotatable bonds is 7. The number of carbonyl (C=O) groups is 1. The van der Waals surface area contributed by atoms with Crippen molar-refractivity contribution >= 4 is 17.3 Å². The van der Waals surface area contributed by atoms with Crippen molar-refractivity contribution in [1.82, 2.24) is 10.2 Å². The van der Waals surface area contributed by atoms with E-state index in [1.54, 1.807) is 12.1 Å². The molecule has 0 unspecified atom stereocenters. The summed E-state index contributed by atoms with van der Waals surface area (Å²) in [6, 6.07) is 14.7. The molecule has 2 aromatic carbocycles. The predicted molar refractivity (Wildman–Crippen MR) is 108 cm³/mol. The number of carbonyl (C=O) groups excluding carboxylic acids is 1. The summed E-state index contributed by atoms with van der Waals surface area (Å²) >= 11 is 0. The second kappa shape index (κ2) is 9.48. The molecule has 0 aromatic heterocycles. The van der Waals surface area contributed by atoms with Crippen molar-refractivity contribution in [1.29, 1.82) is 0 Å². The SMILES string of the molecule is CN1CCN(c2ccc(NC(=O)CNCCc3ccccc3F)cc2)CC1. The molecule has 3 rings (SSSR count). The molecule has 6 heteroatoms. The molecule has 27 heavy (non-hydrogen) atoms. The van der Waals surface area contributed by atoms with Gasteiger partial charge in [0, 0.05) is 37.6 Å². The van der Waals surface area contributed by atoms with E-state index in [2.05, 4.69) is 27.5 Å². The number of piperazine rings is 1. The minimum absolute atomic E-state index is 0.101. The fourth-order valence-corrected chi connectivity index (χ4v) is 3.15. The third-order valence-corrected chi connectivity index (χ3v) is 4.83. The first kappa shape index (κ1) is 19.3. The van der Waals surface area contributed by atoms with Gasteiger partial charge in [0.15, 0.2) is 0 Å². The molecule has 0 atom stereocenters. The molecule has 1 saturated heterocycles. The first-order valence-corrected chi connectivity index (χ1v) is 9.39. The van der Waals surface area contributed by atoms with Crippen LogP contribution in [-0.4, -0.2) is 57.1 Å². The Morgan fingerprint density at radius 2 is 1.74 bits per heavy atom. The first-order valence-electron chi connectivity index (χ1n) is 9.39. The van der Waals surface area contributed by atoms with E-state index < -0.39 is 0 Å². The highest BCUT2D eigenvalue weighted by atomic mass is 19.1. The fourth-order valence-electron chi connectivity index (χ4n) is 3.15. The minimum atomic E-state index is -0.204. The quantitative estimate of drug-likeness (QED) is 0.735. The summed E-state index contributed by atoms with van der Waals surface area (Å²) in [4.78, 5) is 16.7. The van der Waals surface area contributed by atoms with Gasteiger partial charge in [0.05, 0.1) is 6.54 Å². The predicted octanol–water partition coefficient (Wildman–Crippen LogP) is 2.35. The number of nitrogens with zero attached hydrogens (tertiary/aromatic N) is 2. The molecule has 0 aliphatic carbocycles. The first-order chi connectivity index (χ1) is 13.1. The highest BCUT2D eigenvalue weighted by Crippen LogP contribution is 2.19. The summed E-state index contributed by atoms with van der Waals surface area (Å²) in [5.41, 5.74) is 2.63. The summed E-state index contributed by atoms with van der Waals surface area (Å²) in [7, 11) is 2.14. The van der Waals surface area contributed by atoms with Crippen LogP contribution in [0, 0.1) is 5.82 Å². The molecule has 2 N–H and O–H groups in total. The van der Waals surface area contributed by atoms with Crippen LogP contribution in [0.15, 0.2) is 48.5 Å². The zero-order chi connectivity index (χ0) is 19.1. The van der Waals surface area contributed by atoms with Crippen LogP contribution in [0.1, 0.15) is 5.56 Å². The molecule has 0 saturated carbocycles. The molecule has 5 nitrogen and oxygen atoms in total. The van der Waals surface area contributed by atoms with Crippen LogP contribution in [0.4, 0.5) is 15.8 Å². The summed E-state index contributed by atoms with van der Waals surface area (Å²) in [6.45, 7) is 4.93. The van der Waals surface area contributed by atoms with Crippen LogP contribution < -0.4 is 15.5 Å². The van der Waals surface area contributed by atoms with Gasteiger partial charge in [-0.2, -0.15) is 0 Å². The number of likely N-dealkylation sites (N-methyl/N-ethyl adjacent to an activating group) is 1. The van der Waals surface area contributed by atoms with Crippen LogP contribution in [0.2, 0.25) is 0 Å². The van der Waals surface area contributed by atoms with Crippen molar-refractivity contribution in [3.63, 3.8) is 0 Å². The lowest BCUT2D eigenvalue weighted by Gasteiger charge is -2.34. The monoisotopic (exact) mass is 370 g/mol. The van der Waals surface area contributed by atoms with Gasteiger partial charge in [-0.05, 0) is 55.9 Å². The van der Waals surface area contributed by atoms with Crippen LogP contribution >= 0.6 is 0 Å². The van der Waals surface area contributed by atoms with E-state index >= 15 is 0 Å². The molecular formula is C21H27FN4O. The molecular weight excluding hydrogens is 343 g/mol. The molecule has 0 spiro atoms. The van der Waals surface area contributed by atoms with Gasteiger partial charge in [-0.15, -0.1) is 0 Å². The number of hydrogen-bond donors (Lipinski definition) is 2. The minimum Gasteiger partial charge on any atom is -0.369 e. The van der Waals surface area contributed by atoms with Gasteiger partial charge in [-0.1, -0.05) is 18.2 Å². The Bertz CT molecular complexity index is 742. The van der Waals surface area contributed by atoms with Crippen molar-refractivity contribution in [2.75, 3.05) is 56.5 Å². The number of anilines is 2. The van der Waals surface area contributed by atoms with E-state index in [0.29, 0.717) is 18.5 Å². The van der Waals surface area contributed by atoms with E-state index in [-0.39, 0.29) is 18.3 Å². The third kappa shape index (κ3) is 5.77. The standard InChI is InChI=1S/C21H27FN4O/c1-25-12-14-26(15-13-25)19-8-6-18(7-9-19)24-21(27)16-23-11-10-17-4-2-3-5-20(17)22/h2-9,23H,10-16H2,1H3,(H,24,27). The van der Waals surface area contributed by atoms with E-state index in [9.17, 15) is 9.18 Å². The van der Waals surface area contributed by atoms with Crippen LogP contribution in [-0.2, 0) is 11.2 Å². The molecule has 1 aliphatic heterocycles. The third-order valence-electron chi connectivity index (χ3n) is 4.83.